The van der Waals surface area contributed by atoms with E-state index in [1.54, 1.807) is 32.9 Å². The Hall–Kier alpha value is -3.70. The molecule has 3 N–H and O–H groups in total. The lowest BCUT2D eigenvalue weighted by Gasteiger charge is -2.18. The second-order valence-electron chi connectivity index (χ2n) is 8.38. The van der Waals surface area contributed by atoms with Gasteiger partial charge in [-0.2, -0.15) is 9.78 Å². The molecule has 2 aromatic carbocycles. The number of para-hydroxylation sites is 1. The summed E-state index contributed by atoms with van der Waals surface area (Å²) in [5, 5.41) is 16.5. The molecule has 36 heavy (non-hydrogen) atoms. The number of benzene rings is 2. The third-order valence-electron chi connectivity index (χ3n) is 5.63. The maximum Gasteiger partial charge on any atom is 0.356 e. The molecule has 192 valence electrons. The molecule has 0 saturated heterocycles. The topological polar surface area (TPSA) is 140 Å². The molecule has 0 aliphatic rings. The van der Waals surface area contributed by atoms with Crippen molar-refractivity contribution in [2.75, 3.05) is 5.32 Å². The van der Waals surface area contributed by atoms with Crippen molar-refractivity contribution in [3.05, 3.63) is 59.3 Å². The first-order valence-electron chi connectivity index (χ1n) is 11.5. The molecule has 0 spiro atoms. The van der Waals surface area contributed by atoms with Gasteiger partial charge in [0.2, 0.25) is 21.8 Å². The zero-order valence-corrected chi connectivity index (χ0v) is 21.6. The van der Waals surface area contributed by atoms with Gasteiger partial charge in [-0.15, -0.1) is 0 Å². The minimum absolute atomic E-state index is 0.0462. The van der Waals surface area contributed by atoms with Gasteiger partial charge in [0.25, 0.3) is 0 Å². The van der Waals surface area contributed by atoms with Gasteiger partial charge in [0, 0.05) is 23.7 Å². The summed E-state index contributed by atoms with van der Waals surface area (Å²) in [7, 11) is -4.07. The maximum absolute atomic E-state index is 13.3. The Morgan fingerprint density at radius 3 is 2.44 bits per heavy atom. The van der Waals surface area contributed by atoms with Crippen LogP contribution in [0, 0.1) is 13.8 Å². The highest BCUT2D eigenvalue weighted by molar-refractivity contribution is 7.89. The number of carboxylic acids is 1. The van der Waals surface area contributed by atoms with Crippen LogP contribution in [0.5, 0.6) is 11.6 Å². The fourth-order valence-corrected chi connectivity index (χ4v) is 4.89. The fraction of sp³-hybridized carbons (Fsp3) is 0.320. The van der Waals surface area contributed by atoms with Crippen LogP contribution in [0.4, 0.5) is 5.69 Å². The monoisotopic (exact) mass is 514 g/mol. The molecule has 11 heteroatoms. The summed E-state index contributed by atoms with van der Waals surface area (Å²) in [6.07, 6.45) is 0.779. The van der Waals surface area contributed by atoms with Crippen LogP contribution in [-0.4, -0.2) is 41.2 Å². The van der Waals surface area contributed by atoms with Gasteiger partial charge in [0.05, 0.1) is 5.69 Å². The highest BCUT2D eigenvalue weighted by Gasteiger charge is 2.27. The standard InChI is InChI=1S/C25H30N4O6S/c1-6-16(4)28-36(33,34)21-14-18(26-22(30)7-2)12-13-20(21)35-24-17(5)23(25(31)32)27-29(24)19-11-9-8-10-15(19)3/h8-14,16,28H,6-7H2,1-5H3,(H,26,30)(H,31,32)/t16-/m1/s1. The highest BCUT2D eigenvalue weighted by Crippen LogP contribution is 2.36. The van der Waals surface area contributed by atoms with E-state index in [1.807, 2.05) is 26.0 Å². The van der Waals surface area contributed by atoms with Crippen LogP contribution in [0.1, 0.15) is 55.2 Å². The molecule has 0 radical (unpaired) electrons. The molecule has 3 rings (SSSR count). The zero-order chi connectivity index (χ0) is 26.6. The van der Waals surface area contributed by atoms with E-state index in [-0.39, 0.29) is 51.8 Å². The Bertz CT molecular complexity index is 1400. The van der Waals surface area contributed by atoms with E-state index in [4.69, 9.17) is 4.74 Å². The molecular formula is C25H30N4O6S. The quantitative estimate of drug-likeness (QED) is 0.364. The predicted octanol–water partition coefficient (Wildman–Crippen LogP) is 4.40. The van der Waals surface area contributed by atoms with E-state index >= 15 is 0 Å². The maximum atomic E-state index is 13.3. The van der Waals surface area contributed by atoms with E-state index in [9.17, 15) is 23.1 Å². The number of sulfonamides is 1. The first-order chi connectivity index (χ1) is 17.0. The molecule has 0 aliphatic carbocycles. The Morgan fingerprint density at radius 2 is 1.83 bits per heavy atom. The average molecular weight is 515 g/mol. The van der Waals surface area contributed by atoms with Gasteiger partial charge in [-0.25, -0.2) is 17.9 Å². The number of hydrogen-bond acceptors (Lipinski definition) is 6. The predicted molar refractivity (Wildman–Crippen MR) is 136 cm³/mol. The Labute approximate surface area is 210 Å². The minimum atomic E-state index is -4.07. The summed E-state index contributed by atoms with van der Waals surface area (Å²) < 4.78 is 36.7. The lowest BCUT2D eigenvalue weighted by Crippen LogP contribution is -2.32. The number of carbonyl (C=O) groups excluding carboxylic acids is 1. The molecule has 0 aliphatic heterocycles. The molecule has 0 bridgehead atoms. The number of aromatic carboxylic acids is 1. The van der Waals surface area contributed by atoms with Gasteiger partial charge >= 0.3 is 5.97 Å². The Morgan fingerprint density at radius 1 is 1.14 bits per heavy atom. The van der Waals surface area contributed by atoms with Gasteiger partial charge in [-0.05, 0) is 57.0 Å². The van der Waals surface area contributed by atoms with Crippen LogP contribution >= 0.6 is 0 Å². The van der Waals surface area contributed by atoms with Crippen LogP contribution in [-0.2, 0) is 14.8 Å². The summed E-state index contributed by atoms with van der Waals surface area (Å²) in [4.78, 5) is 23.5. The summed E-state index contributed by atoms with van der Waals surface area (Å²) in [5.74, 6) is -1.50. The van der Waals surface area contributed by atoms with Crippen LogP contribution in [0.2, 0.25) is 0 Å². The van der Waals surface area contributed by atoms with Crippen molar-refractivity contribution in [1.82, 2.24) is 14.5 Å². The zero-order valence-electron chi connectivity index (χ0n) is 20.8. The minimum Gasteiger partial charge on any atom is -0.476 e. The first-order valence-corrected chi connectivity index (χ1v) is 13.0. The number of carboxylic acid groups (broad SMARTS) is 1. The van der Waals surface area contributed by atoms with Crippen molar-refractivity contribution >= 4 is 27.6 Å². The molecule has 1 heterocycles. The van der Waals surface area contributed by atoms with Crippen molar-refractivity contribution in [2.45, 2.75) is 58.4 Å². The lowest BCUT2D eigenvalue weighted by molar-refractivity contribution is -0.115. The van der Waals surface area contributed by atoms with Crippen LogP contribution in [0.15, 0.2) is 47.4 Å². The van der Waals surface area contributed by atoms with Gasteiger partial charge in [-0.1, -0.05) is 32.0 Å². The van der Waals surface area contributed by atoms with E-state index in [2.05, 4.69) is 15.1 Å². The summed E-state index contributed by atoms with van der Waals surface area (Å²) in [6, 6.07) is 11.1. The molecule has 1 atom stereocenters. The third-order valence-corrected chi connectivity index (χ3v) is 7.24. The van der Waals surface area contributed by atoms with E-state index in [0.29, 0.717) is 12.1 Å². The van der Waals surface area contributed by atoms with Crippen LogP contribution in [0.25, 0.3) is 5.69 Å². The number of carbonyl (C=O) groups is 2. The second kappa shape index (κ2) is 10.9. The average Bonchev–Trinajstić information content (AvgIpc) is 3.15. The van der Waals surface area contributed by atoms with Crippen LogP contribution in [0.3, 0.4) is 0 Å². The van der Waals surface area contributed by atoms with E-state index < -0.39 is 16.0 Å². The van der Waals surface area contributed by atoms with Gasteiger partial charge in [0.1, 0.15) is 10.6 Å². The van der Waals surface area contributed by atoms with Crippen molar-refractivity contribution < 1.29 is 27.9 Å². The molecule has 1 aromatic heterocycles. The number of aryl methyl sites for hydroxylation is 1. The molecule has 10 nitrogen and oxygen atoms in total. The van der Waals surface area contributed by atoms with Crippen LogP contribution < -0.4 is 14.8 Å². The number of hydrogen-bond donors (Lipinski definition) is 3. The summed E-state index contributed by atoms with van der Waals surface area (Å²) in [6.45, 7) is 8.65. The fourth-order valence-electron chi connectivity index (χ4n) is 3.41. The number of anilines is 1. The Balaban J connectivity index is 2.20. The third kappa shape index (κ3) is 5.74. The highest BCUT2D eigenvalue weighted by atomic mass is 32.2. The SMILES string of the molecule is CCC(=O)Nc1ccc(Oc2c(C)c(C(=O)O)nn2-c2ccccc2C)c(S(=O)(=O)N[C@H](C)CC)c1. The van der Waals surface area contributed by atoms with E-state index in [1.165, 1.54) is 22.9 Å². The Kier molecular flexibility index (Phi) is 8.16. The number of amides is 1. The molecule has 0 saturated carbocycles. The van der Waals surface area contributed by atoms with Crippen molar-refractivity contribution in [3.63, 3.8) is 0 Å². The number of nitrogens with zero attached hydrogens (tertiary/aromatic N) is 2. The van der Waals surface area contributed by atoms with Crippen molar-refractivity contribution in [1.29, 1.82) is 0 Å². The normalized spacial score (nSPS) is 12.2. The lowest BCUT2D eigenvalue weighted by atomic mass is 10.2. The van der Waals surface area contributed by atoms with Crippen molar-refractivity contribution in [3.8, 4) is 17.3 Å². The number of ether oxygens (including phenoxy) is 1. The molecule has 0 fully saturated rings. The largest absolute Gasteiger partial charge is 0.476 e. The summed E-state index contributed by atoms with van der Waals surface area (Å²) >= 11 is 0. The first kappa shape index (κ1) is 26.9. The van der Waals surface area contributed by atoms with E-state index in [0.717, 1.165) is 5.56 Å². The number of nitrogens with one attached hydrogen (secondary N) is 2. The van der Waals surface area contributed by atoms with Gasteiger partial charge in [0.15, 0.2) is 5.69 Å². The number of rotatable bonds is 10. The second-order valence-corrected chi connectivity index (χ2v) is 10.1. The van der Waals surface area contributed by atoms with Crippen molar-refractivity contribution in [2.24, 2.45) is 0 Å². The molecule has 3 aromatic rings. The molecule has 0 unspecified atom stereocenters. The number of aromatic nitrogens is 2. The van der Waals surface area contributed by atoms with Gasteiger partial charge < -0.3 is 15.2 Å². The smallest absolute Gasteiger partial charge is 0.356 e. The van der Waals surface area contributed by atoms with Gasteiger partial charge in [-0.3, -0.25) is 4.79 Å². The molecular weight excluding hydrogens is 484 g/mol. The summed E-state index contributed by atoms with van der Waals surface area (Å²) in [5.41, 5.74) is 1.69. The molecule has 1 amide bonds.